The summed E-state index contributed by atoms with van der Waals surface area (Å²) in [5.74, 6) is 0.590. The van der Waals surface area contributed by atoms with Gasteiger partial charge in [-0.25, -0.2) is 0 Å². The van der Waals surface area contributed by atoms with Gasteiger partial charge >= 0.3 is 0 Å². The number of ether oxygens (including phenoxy) is 2. The van der Waals surface area contributed by atoms with Crippen LogP contribution in [0.15, 0.2) is 66.7 Å². The first kappa shape index (κ1) is 30.2. The van der Waals surface area contributed by atoms with Crippen LogP contribution in [0.25, 0.3) is 0 Å². The van der Waals surface area contributed by atoms with E-state index < -0.39 is 10.8 Å². The molecule has 0 saturated carbocycles. The topological polar surface area (TPSA) is 85.1 Å². The summed E-state index contributed by atoms with van der Waals surface area (Å²) in [7, 11) is 3.12. The first-order chi connectivity index (χ1) is 20.2. The number of carbonyl (C=O) groups is 2. The van der Waals surface area contributed by atoms with E-state index in [1.165, 1.54) is 0 Å². The van der Waals surface area contributed by atoms with E-state index in [0.717, 1.165) is 17.7 Å². The zero-order chi connectivity index (χ0) is 30.1. The minimum Gasteiger partial charge on any atom is -0.497 e. The largest absolute Gasteiger partial charge is 0.497 e. The number of piperidine rings is 1. The van der Waals surface area contributed by atoms with E-state index in [4.69, 9.17) is 38.4 Å². The van der Waals surface area contributed by atoms with Crippen molar-refractivity contribution in [3.05, 3.63) is 93.5 Å². The predicted molar refractivity (Wildman–Crippen MR) is 166 cm³/mol. The van der Waals surface area contributed by atoms with Gasteiger partial charge in [0.1, 0.15) is 11.5 Å². The van der Waals surface area contributed by atoms with Crippen LogP contribution in [0.3, 0.4) is 0 Å². The highest BCUT2D eigenvalue weighted by Gasteiger charge is 2.55. The highest BCUT2D eigenvalue weighted by atomic mass is 35.5. The Kier molecular flexibility index (Phi) is 8.74. The van der Waals surface area contributed by atoms with Gasteiger partial charge in [-0.2, -0.15) is 0 Å². The molecule has 3 unspecified atom stereocenters. The molecule has 5 rings (SSSR count). The first-order valence-electron chi connectivity index (χ1n) is 14.3. The lowest BCUT2D eigenvalue weighted by atomic mass is 9.61. The fourth-order valence-electron chi connectivity index (χ4n) is 7.02. The lowest BCUT2D eigenvalue weighted by Crippen LogP contribution is -2.61. The Morgan fingerprint density at radius 3 is 2.33 bits per heavy atom. The van der Waals surface area contributed by atoms with Crippen molar-refractivity contribution in [1.82, 2.24) is 9.80 Å². The van der Waals surface area contributed by atoms with Gasteiger partial charge in [-0.3, -0.25) is 14.5 Å². The number of nitrogens with two attached hydrogens (primary N) is 1. The number of nitrogens with zero attached hydrogens (tertiary/aromatic N) is 2. The highest BCUT2D eigenvalue weighted by molar-refractivity contribution is 6.42. The van der Waals surface area contributed by atoms with Crippen molar-refractivity contribution in [1.29, 1.82) is 0 Å². The SMILES string of the molecule is CCN1CCC(C(N)=O)(c2ccccc2)CC1C1(c2ccc(Cl)c(Cl)c2)CCN(C(=O)c2cc(OC)ccc2OC)C1. The van der Waals surface area contributed by atoms with E-state index in [0.29, 0.717) is 66.0 Å². The molecule has 0 aromatic heterocycles. The van der Waals surface area contributed by atoms with Crippen molar-refractivity contribution in [3.63, 3.8) is 0 Å². The monoisotopic (exact) mass is 609 g/mol. The van der Waals surface area contributed by atoms with Gasteiger partial charge in [0.2, 0.25) is 5.91 Å². The van der Waals surface area contributed by atoms with Crippen LogP contribution in [0.1, 0.15) is 47.7 Å². The molecule has 2 aliphatic rings. The third-order valence-electron chi connectivity index (χ3n) is 9.37. The molecule has 0 radical (unpaired) electrons. The number of amides is 2. The molecule has 2 aliphatic heterocycles. The summed E-state index contributed by atoms with van der Waals surface area (Å²) >= 11 is 13.0. The first-order valence-corrected chi connectivity index (χ1v) is 15.0. The van der Waals surface area contributed by atoms with Gasteiger partial charge in [0, 0.05) is 24.5 Å². The molecular weight excluding hydrogens is 573 g/mol. The molecule has 2 N–H and O–H groups in total. The number of methoxy groups -OCH3 is 2. The fourth-order valence-corrected chi connectivity index (χ4v) is 7.32. The maximum Gasteiger partial charge on any atom is 0.257 e. The lowest BCUT2D eigenvalue weighted by molar-refractivity contribution is -0.127. The van der Waals surface area contributed by atoms with E-state index >= 15 is 0 Å². The number of likely N-dealkylation sites (tertiary alicyclic amines) is 2. The van der Waals surface area contributed by atoms with Gasteiger partial charge in [-0.1, -0.05) is 66.5 Å². The average molecular weight is 611 g/mol. The number of likely N-dealkylation sites (N-methyl/N-ethyl adjacent to an activating group) is 1. The second-order valence-corrected chi connectivity index (χ2v) is 12.1. The van der Waals surface area contributed by atoms with E-state index in [1.54, 1.807) is 32.4 Å². The summed E-state index contributed by atoms with van der Waals surface area (Å²) in [5, 5.41) is 0.922. The number of hydrogen-bond donors (Lipinski definition) is 1. The van der Waals surface area contributed by atoms with Crippen LogP contribution in [-0.2, 0) is 15.6 Å². The second kappa shape index (κ2) is 12.2. The van der Waals surface area contributed by atoms with Crippen molar-refractivity contribution in [2.45, 2.75) is 43.1 Å². The average Bonchev–Trinajstić information content (AvgIpc) is 3.48. The van der Waals surface area contributed by atoms with Crippen molar-refractivity contribution in [3.8, 4) is 11.5 Å². The summed E-state index contributed by atoms with van der Waals surface area (Å²) < 4.78 is 11.0. The van der Waals surface area contributed by atoms with Gasteiger partial charge in [0.25, 0.3) is 5.91 Å². The van der Waals surface area contributed by atoms with Gasteiger partial charge in [-0.05, 0) is 73.8 Å². The Balaban J connectivity index is 1.62. The van der Waals surface area contributed by atoms with Crippen LogP contribution in [0, 0.1) is 0 Å². The zero-order valence-electron chi connectivity index (χ0n) is 24.2. The Hall–Kier alpha value is -3.26. The minimum absolute atomic E-state index is 0.105. The Bertz CT molecular complexity index is 1470. The maximum atomic E-state index is 14.1. The molecule has 2 amide bonds. The molecule has 2 heterocycles. The Morgan fingerprint density at radius 2 is 1.69 bits per heavy atom. The lowest BCUT2D eigenvalue weighted by Gasteiger charge is -2.52. The number of primary amides is 1. The molecule has 3 aromatic carbocycles. The second-order valence-electron chi connectivity index (χ2n) is 11.2. The number of carbonyl (C=O) groups excluding carboxylic acids is 2. The van der Waals surface area contributed by atoms with Gasteiger partial charge in [0.05, 0.1) is 35.2 Å². The standard InChI is InChI=1S/C33H37Cl2N3O4/c1-4-37-16-14-32(31(36)40,22-8-6-5-7-9-22)20-29(37)33(23-10-12-26(34)27(35)18-23)15-17-38(21-33)30(39)25-19-24(41-2)11-13-28(25)42-3/h5-13,18-19,29H,4,14-17,20-21H2,1-3H3,(H2,36,40). The molecule has 222 valence electrons. The number of halogens is 2. The highest BCUT2D eigenvalue weighted by Crippen LogP contribution is 2.49. The molecule has 3 atom stereocenters. The number of benzene rings is 3. The molecule has 2 fully saturated rings. The van der Waals surface area contributed by atoms with Crippen LogP contribution in [0.2, 0.25) is 10.0 Å². The van der Waals surface area contributed by atoms with Crippen LogP contribution in [-0.4, -0.2) is 68.1 Å². The quantitative estimate of drug-likeness (QED) is 0.354. The Morgan fingerprint density at radius 1 is 0.929 bits per heavy atom. The molecule has 3 aromatic rings. The summed E-state index contributed by atoms with van der Waals surface area (Å²) in [6, 6.07) is 20.7. The van der Waals surface area contributed by atoms with Crippen LogP contribution >= 0.6 is 23.2 Å². The third kappa shape index (κ3) is 5.23. The molecule has 42 heavy (non-hydrogen) atoms. The number of hydrogen-bond acceptors (Lipinski definition) is 5. The van der Waals surface area contributed by atoms with E-state index in [-0.39, 0.29) is 17.9 Å². The fraction of sp³-hybridized carbons (Fsp3) is 0.394. The minimum atomic E-state index is -0.839. The van der Waals surface area contributed by atoms with E-state index in [2.05, 4.69) is 11.8 Å². The van der Waals surface area contributed by atoms with Crippen molar-refractivity contribution < 1.29 is 19.1 Å². The van der Waals surface area contributed by atoms with Crippen molar-refractivity contribution in [2.75, 3.05) is 40.4 Å². The van der Waals surface area contributed by atoms with Crippen molar-refractivity contribution >= 4 is 35.0 Å². The predicted octanol–water partition coefficient (Wildman–Crippen LogP) is 5.70. The molecule has 0 spiro atoms. The molecule has 7 nitrogen and oxygen atoms in total. The Labute approximate surface area is 257 Å². The van der Waals surface area contributed by atoms with Crippen LogP contribution in [0.4, 0.5) is 0 Å². The van der Waals surface area contributed by atoms with Crippen molar-refractivity contribution in [2.24, 2.45) is 5.73 Å². The molecular formula is C33H37Cl2N3O4. The summed E-state index contributed by atoms with van der Waals surface area (Å²) in [6.07, 6.45) is 1.82. The smallest absolute Gasteiger partial charge is 0.257 e. The van der Waals surface area contributed by atoms with Gasteiger partial charge < -0.3 is 20.1 Å². The maximum absolute atomic E-state index is 14.1. The van der Waals surface area contributed by atoms with Gasteiger partial charge in [-0.15, -0.1) is 0 Å². The normalized spacial score (nSPS) is 24.4. The molecule has 0 bridgehead atoms. The summed E-state index contributed by atoms with van der Waals surface area (Å²) in [6.45, 7) is 4.56. The zero-order valence-corrected chi connectivity index (χ0v) is 25.8. The number of rotatable bonds is 8. The molecule has 0 aliphatic carbocycles. The summed E-state index contributed by atoms with van der Waals surface area (Å²) in [5.41, 5.74) is 7.21. The van der Waals surface area contributed by atoms with Crippen LogP contribution < -0.4 is 15.2 Å². The molecule has 9 heteroatoms. The van der Waals surface area contributed by atoms with E-state index in [1.807, 2.05) is 53.4 Å². The summed E-state index contributed by atoms with van der Waals surface area (Å²) in [4.78, 5) is 31.7. The van der Waals surface area contributed by atoms with E-state index in [9.17, 15) is 9.59 Å². The third-order valence-corrected chi connectivity index (χ3v) is 10.1. The van der Waals surface area contributed by atoms with Crippen LogP contribution in [0.5, 0.6) is 11.5 Å². The van der Waals surface area contributed by atoms with Gasteiger partial charge in [0.15, 0.2) is 0 Å². The molecule has 2 saturated heterocycles.